The Balaban J connectivity index is 3.54. The zero-order valence-corrected chi connectivity index (χ0v) is 9.38. The Morgan fingerprint density at radius 3 is 2.57 bits per heavy atom. The van der Waals surface area contributed by atoms with E-state index < -0.39 is 0 Å². The van der Waals surface area contributed by atoms with E-state index in [9.17, 15) is 4.79 Å². The summed E-state index contributed by atoms with van der Waals surface area (Å²) in [5.74, 6) is 0.120. The van der Waals surface area contributed by atoms with Crippen molar-refractivity contribution in [2.24, 2.45) is 5.73 Å². The highest BCUT2D eigenvalue weighted by Crippen LogP contribution is 1.96. The van der Waals surface area contributed by atoms with Crippen LogP contribution >= 0.6 is 0 Å². The maximum absolute atomic E-state index is 11.0. The van der Waals surface area contributed by atoms with E-state index in [1.807, 2.05) is 0 Å². The smallest absolute Gasteiger partial charge is 0.219 e. The average molecular weight is 201 g/mol. The molecule has 14 heavy (non-hydrogen) atoms. The van der Waals surface area contributed by atoms with E-state index >= 15 is 0 Å². The number of hydrogen-bond donors (Lipinski definition) is 2. The van der Waals surface area contributed by atoms with E-state index in [2.05, 4.69) is 17.1 Å². The minimum absolute atomic E-state index is 0.120. The molecule has 0 aromatic rings. The van der Waals surface area contributed by atoms with E-state index in [1.54, 1.807) is 7.05 Å². The van der Waals surface area contributed by atoms with Crippen LogP contribution in [0.3, 0.4) is 0 Å². The van der Waals surface area contributed by atoms with Gasteiger partial charge in [0.15, 0.2) is 0 Å². The van der Waals surface area contributed by atoms with Gasteiger partial charge < -0.3 is 16.0 Å². The first-order valence-corrected chi connectivity index (χ1v) is 5.37. The monoisotopic (exact) mass is 201 g/mol. The van der Waals surface area contributed by atoms with Crippen molar-refractivity contribution in [3.05, 3.63) is 0 Å². The van der Waals surface area contributed by atoms with Crippen LogP contribution in [0.25, 0.3) is 0 Å². The van der Waals surface area contributed by atoms with Crippen LogP contribution in [0.15, 0.2) is 0 Å². The molecule has 0 unspecified atom stereocenters. The van der Waals surface area contributed by atoms with E-state index in [0.717, 1.165) is 32.5 Å². The Morgan fingerprint density at radius 2 is 2.07 bits per heavy atom. The van der Waals surface area contributed by atoms with Gasteiger partial charge in [0, 0.05) is 26.6 Å². The van der Waals surface area contributed by atoms with Gasteiger partial charge in [-0.1, -0.05) is 6.92 Å². The number of nitrogens with one attached hydrogen (secondary N) is 1. The van der Waals surface area contributed by atoms with E-state index in [4.69, 9.17) is 5.73 Å². The number of amides is 1. The molecule has 0 bridgehead atoms. The summed E-state index contributed by atoms with van der Waals surface area (Å²) < 4.78 is 0. The van der Waals surface area contributed by atoms with Gasteiger partial charge in [0.1, 0.15) is 0 Å². The molecule has 1 amide bonds. The third-order valence-electron chi connectivity index (χ3n) is 2.14. The number of carbonyl (C=O) groups is 1. The van der Waals surface area contributed by atoms with Crippen LogP contribution in [0.4, 0.5) is 0 Å². The van der Waals surface area contributed by atoms with Gasteiger partial charge in [-0.25, -0.2) is 0 Å². The van der Waals surface area contributed by atoms with Crippen LogP contribution in [0.1, 0.15) is 26.2 Å². The Labute approximate surface area is 86.8 Å². The van der Waals surface area contributed by atoms with Crippen molar-refractivity contribution in [3.8, 4) is 0 Å². The fourth-order valence-electron chi connectivity index (χ4n) is 1.42. The second kappa shape index (κ2) is 8.97. The third kappa shape index (κ3) is 6.86. The Kier molecular flexibility index (Phi) is 8.57. The number of rotatable bonds is 8. The minimum Gasteiger partial charge on any atom is -0.359 e. The highest BCUT2D eigenvalue weighted by atomic mass is 16.1. The molecule has 0 aliphatic carbocycles. The maximum Gasteiger partial charge on any atom is 0.219 e. The zero-order chi connectivity index (χ0) is 10.8. The normalized spacial score (nSPS) is 10.6. The van der Waals surface area contributed by atoms with Crippen LogP contribution in [-0.4, -0.2) is 44.0 Å². The van der Waals surface area contributed by atoms with Gasteiger partial charge in [-0.3, -0.25) is 4.79 Å². The van der Waals surface area contributed by atoms with Crippen LogP contribution in [-0.2, 0) is 4.79 Å². The lowest BCUT2D eigenvalue weighted by atomic mass is 10.2. The third-order valence-corrected chi connectivity index (χ3v) is 2.14. The summed E-state index contributed by atoms with van der Waals surface area (Å²) >= 11 is 0. The van der Waals surface area contributed by atoms with Crippen LogP contribution < -0.4 is 11.1 Å². The van der Waals surface area contributed by atoms with Gasteiger partial charge in [0.2, 0.25) is 5.91 Å². The van der Waals surface area contributed by atoms with Crippen LogP contribution in [0.5, 0.6) is 0 Å². The minimum atomic E-state index is 0.120. The lowest BCUT2D eigenvalue weighted by molar-refractivity contribution is -0.120. The molecule has 0 aliphatic rings. The highest BCUT2D eigenvalue weighted by molar-refractivity contribution is 5.75. The summed E-state index contributed by atoms with van der Waals surface area (Å²) in [6, 6.07) is 0. The summed E-state index contributed by atoms with van der Waals surface area (Å²) in [7, 11) is 1.67. The van der Waals surface area contributed by atoms with Gasteiger partial charge in [-0.2, -0.15) is 0 Å². The molecule has 0 atom stereocenters. The average Bonchev–Trinajstić information content (AvgIpc) is 2.18. The predicted octanol–water partition coefficient (Wildman–Crippen LogP) is 0.183. The lowest BCUT2D eigenvalue weighted by Crippen LogP contribution is -2.31. The maximum atomic E-state index is 11.0. The van der Waals surface area contributed by atoms with Crippen LogP contribution in [0, 0.1) is 0 Å². The number of carbonyl (C=O) groups excluding carboxylic acids is 1. The zero-order valence-electron chi connectivity index (χ0n) is 9.38. The molecule has 4 nitrogen and oxygen atoms in total. The summed E-state index contributed by atoms with van der Waals surface area (Å²) in [5.41, 5.74) is 5.50. The second-order valence-electron chi connectivity index (χ2n) is 3.41. The van der Waals surface area contributed by atoms with Crippen molar-refractivity contribution >= 4 is 5.91 Å². The molecule has 0 spiro atoms. The van der Waals surface area contributed by atoms with Gasteiger partial charge >= 0.3 is 0 Å². The van der Waals surface area contributed by atoms with Crippen molar-refractivity contribution in [2.45, 2.75) is 26.2 Å². The molecular formula is C10H23N3O. The van der Waals surface area contributed by atoms with Crippen molar-refractivity contribution in [2.75, 3.05) is 33.2 Å². The standard InChI is InChI=1S/C10H23N3O/c1-3-7-13(9-6-11)8-4-5-10(14)12-2/h3-9,11H2,1-2H3,(H,12,14). The number of nitrogens with two attached hydrogens (primary N) is 1. The Morgan fingerprint density at radius 1 is 1.36 bits per heavy atom. The highest BCUT2D eigenvalue weighted by Gasteiger charge is 2.03. The summed E-state index contributed by atoms with van der Waals surface area (Å²) in [4.78, 5) is 13.3. The van der Waals surface area contributed by atoms with Crippen molar-refractivity contribution in [3.63, 3.8) is 0 Å². The number of hydrogen-bond acceptors (Lipinski definition) is 3. The molecule has 0 rings (SSSR count). The summed E-state index contributed by atoms with van der Waals surface area (Å²) in [6.45, 7) is 5.83. The molecule has 3 N–H and O–H groups in total. The molecule has 0 aromatic heterocycles. The molecule has 84 valence electrons. The largest absolute Gasteiger partial charge is 0.359 e. The first-order chi connectivity index (χ1) is 6.74. The Hall–Kier alpha value is -0.610. The molecule has 4 heteroatoms. The van der Waals surface area contributed by atoms with E-state index in [1.165, 1.54) is 0 Å². The SMILES string of the molecule is CCCN(CCN)CCCC(=O)NC. The summed E-state index contributed by atoms with van der Waals surface area (Å²) in [5, 5.41) is 2.62. The van der Waals surface area contributed by atoms with Gasteiger partial charge in [0.05, 0.1) is 0 Å². The van der Waals surface area contributed by atoms with Gasteiger partial charge in [-0.15, -0.1) is 0 Å². The fraction of sp³-hybridized carbons (Fsp3) is 0.900. The Bertz CT molecular complexity index is 144. The number of nitrogens with zero attached hydrogens (tertiary/aromatic N) is 1. The second-order valence-corrected chi connectivity index (χ2v) is 3.41. The molecule has 0 saturated heterocycles. The van der Waals surface area contributed by atoms with Crippen molar-refractivity contribution < 1.29 is 4.79 Å². The van der Waals surface area contributed by atoms with E-state index in [-0.39, 0.29) is 5.91 Å². The fourth-order valence-corrected chi connectivity index (χ4v) is 1.42. The first kappa shape index (κ1) is 13.4. The molecular weight excluding hydrogens is 178 g/mol. The molecule has 0 aromatic carbocycles. The topological polar surface area (TPSA) is 58.4 Å². The van der Waals surface area contributed by atoms with Crippen LogP contribution in [0.2, 0.25) is 0 Å². The quantitative estimate of drug-likeness (QED) is 0.589. The summed E-state index contributed by atoms with van der Waals surface area (Å²) in [6.07, 6.45) is 2.67. The van der Waals surface area contributed by atoms with Crippen molar-refractivity contribution in [1.82, 2.24) is 10.2 Å². The van der Waals surface area contributed by atoms with E-state index in [0.29, 0.717) is 13.0 Å². The molecule has 0 heterocycles. The van der Waals surface area contributed by atoms with Crippen molar-refractivity contribution in [1.29, 1.82) is 0 Å². The van der Waals surface area contributed by atoms with Gasteiger partial charge in [-0.05, 0) is 25.9 Å². The predicted molar refractivity (Wildman–Crippen MR) is 59.1 cm³/mol. The molecule has 0 aliphatic heterocycles. The molecule has 0 radical (unpaired) electrons. The van der Waals surface area contributed by atoms with Gasteiger partial charge in [0.25, 0.3) is 0 Å². The molecule has 0 saturated carbocycles. The lowest BCUT2D eigenvalue weighted by Gasteiger charge is -2.20. The molecule has 0 fully saturated rings. The first-order valence-electron chi connectivity index (χ1n) is 5.37.